The normalized spacial score (nSPS) is 22.5. The van der Waals surface area contributed by atoms with Crippen molar-refractivity contribution in [3.63, 3.8) is 0 Å². The predicted molar refractivity (Wildman–Crippen MR) is 82.5 cm³/mol. The standard InChI is InChI=1S/C8H18N2.C6H14N.Al/c1-4-8(10-6-3)7-9-5-2;1-4-5-6-7(2)3;/h8-9H,2,4-7H2,1,3H3;1,4-6H2,2-3H3;/q-1;;+1. The van der Waals surface area contributed by atoms with Crippen LogP contribution in [0, 0.1) is 0 Å². The fraction of sp³-hybridized carbons (Fsp3) is 1.00. The second kappa shape index (κ2) is 9.34. The van der Waals surface area contributed by atoms with Gasteiger partial charge in [-0.25, -0.2) is 0 Å². The smallest absolute Gasteiger partial charge is 0.374 e. The summed E-state index contributed by atoms with van der Waals surface area (Å²) in [4.78, 5) is 2.31. The van der Waals surface area contributed by atoms with E-state index in [1.165, 1.54) is 56.0 Å². The van der Waals surface area contributed by atoms with Gasteiger partial charge in [-0.1, -0.05) is 30.8 Å². The van der Waals surface area contributed by atoms with E-state index in [1.54, 1.807) is 0 Å². The molecule has 1 rings (SSSR count). The first kappa shape index (κ1) is 16.5. The molecule has 0 radical (unpaired) electrons. The minimum Gasteiger partial charge on any atom is -0.381 e. The van der Waals surface area contributed by atoms with Gasteiger partial charge in [-0.05, 0) is 46.6 Å². The third-order valence-corrected chi connectivity index (χ3v) is 7.96. The molecular formula is C14H32AlN3. The maximum atomic E-state index is 3.64. The lowest BCUT2D eigenvalue weighted by Crippen LogP contribution is -2.46. The summed E-state index contributed by atoms with van der Waals surface area (Å²) in [6.07, 6.45) is 4.11. The van der Waals surface area contributed by atoms with Crippen LogP contribution in [0.15, 0.2) is 0 Å². The molecule has 0 amide bonds. The highest BCUT2D eigenvalue weighted by Crippen LogP contribution is 2.17. The summed E-state index contributed by atoms with van der Waals surface area (Å²) < 4.78 is 2.88. The predicted octanol–water partition coefficient (Wildman–Crippen LogP) is 2.02. The lowest BCUT2D eigenvalue weighted by molar-refractivity contribution is 0.323. The Kier molecular flexibility index (Phi) is 8.54. The molecule has 4 heteroatoms. The van der Waals surface area contributed by atoms with E-state index < -0.39 is 14.4 Å². The molecule has 1 aliphatic heterocycles. The van der Waals surface area contributed by atoms with Gasteiger partial charge in [-0.2, -0.15) is 0 Å². The van der Waals surface area contributed by atoms with E-state index in [-0.39, 0.29) is 0 Å². The van der Waals surface area contributed by atoms with Crippen LogP contribution in [0.25, 0.3) is 0 Å². The third kappa shape index (κ3) is 5.59. The molecule has 0 aromatic rings. The van der Waals surface area contributed by atoms with Gasteiger partial charge in [0.05, 0.1) is 0 Å². The highest BCUT2D eigenvalue weighted by Gasteiger charge is 2.31. The van der Waals surface area contributed by atoms with Gasteiger partial charge in [0.25, 0.3) is 0 Å². The summed E-state index contributed by atoms with van der Waals surface area (Å²) in [6.45, 7) is 9.70. The number of likely N-dealkylation sites (N-methyl/N-ethyl adjacent to an activating group) is 1. The van der Waals surface area contributed by atoms with Crippen molar-refractivity contribution in [3.8, 4) is 0 Å². The largest absolute Gasteiger partial charge is 0.381 e. The minimum atomic E-state index is -0.672. The lowest BCUT2D eigenvalue weighted by atomic mass is 10.2. The maximum Gasteiger partial charge on any atom is 0.374 e. The molecule has 3 nitrogen and oxygen atoms in total. The van der Waals surface area contributed by atoms with Crippen molar-refractivity contribution in [3.05, 3.63) is 0 Å². The molecule has 0 saturated carbocycles. The first-order chi connectivity index (χ1) is 8.69. The molecule has 0 aromatic heterocycles. The van der Waals surface area contributed by atoms with Gasteiger partial charge in [-0.3, -0.25) is 0 Å². The van der Waals surface area contributed by atoms with Gasteiger partial charge in [0, 0.05) is 12.6 Å². The van der Waals surface area contributed by atoms with Crippen LogP contribution in [0.2, 0.25) is 10.6 Å². The van der Waals surface area contributed by atoms with Crippen LogP contribution in [0.1, 0.15) is 33.1 Å². The Balaban J connectivity index is 2.39. The number of hydrogen-bond donors (Lipinski definition) is 1. The van der Waals surface area contributed by atoms with Crippen LogP contribution in [0.5, 0.6) is 0 Å². The summed E-state index contributed by atoms with van der Waals surface area (Å²) in [6, 6.07) is 0.808. The Bertz CT molecular complexity index is 211. The summed E-state index contributed by atoms with van der Waals surface area (Å²) in [7, 11) is 4.36. The Morgan fingerprint density at radius 2 is 2.06 bits per heavy atom. The van der Waals surface area contributed by atoms with E-state index in [0.29, 0.717) is 0 Å². The van der Waals surface area contributed by atoms with Crippen LogP contribution in [0.4, 0.5) is 0 Å². The Morgan fingerprint density at radius 1 is 1.28 bits per heavy atom. The average molecular weight is 269 g/mol. The van der Waals surface area contributed by atoms with Crippen LogP contribution in [0.3, 0.4) is 0 Å². The van der Waals surface area contributed by atoms with E-state index >= 15 is 0 Å². The molecule has 0 bridgehead atoms. The van der Waals surface area contributed by atoms with Gasteiger partial charge in [0.2, 0.25) is 0 Å². The zero-order chi connectivity index (χ0) is 13.4. The molecule has 18 heavy (non-hydrogen) atoms. The highest BCUT2D eigenvalue weighted by atomic mass is 27.2. The van der Waals surface area contributed by atoms with Crippen molar-refractivity contribution in [1.29, 1.82) is 0 Å². The summed E-state index contributed by atoms with van der Waals surface area (Å²) in [5, 5.41) is 6.61. The molecular weight excluding hydrogens is 237 g/mol. The molecule has 1 atom stereocenters. The SMILES string of the molecule is CCC1CNC[CH2][Al]([CH2]CCCN(C)C)[N]1CC. The number of hydrogen-bond acceptors (Lipinski definition) is 3. The molecule has 1 heterocycles. The molecule has 0 spiro atoms. The first-order valence-electron chi connectivity index (χ1n) is 7.80. The lowest BCUT2D eigenvalue weighted by Gasteiger charge is -2.33. The minimum absolute atomic E-state index is 0.672. The van der Waals surface area contributed by atoms with Gasteiger partial charge >= 0.3 is 14.4 Å². The molecule has 1 saturated heterocycles. The zero-order valence-corrected chi connectivity index (χ0v) is 14.1. The molecule has 1 fully saturated rings. The monoisotopic (exact) mass is 269 g/mol. The van der Waals surface area contributed by atoms with Gasteiger partial charge in [0.15, 0.2) is 0 Å². The summed E-state index contributed by atoms with van der Waals surface area (Å²) >= 11 is -0.672. The van der Waals surface area contributed by atoms with Crippen LogP contribution in [-0.4, -0.2) is 69.5 Å². The molecule has 1 aliphatic rings. The van der Waals surface area contributed by atoms with Gasteiger partial charge in [-0.15, -0.1) is 0 Å². The van der Waals surface area contributed by atoms with Crippen LogP contribution in [-0.2, 0) is 0 Å². The van der Waals surface area contributed by atoms with Crippen molar-refractivity contribution >= 4 is 14.4 Å². The average Bonchev–Trinajstić information content (AvgIpc) is 2.55. The molecule has 1 N–H and O–H groups in total. The maximum absolute atomic E-state index is 3.64. The molecule has 106 valence electrons. The molecule has 0 aliphatic carbocycles. The third-order valence-electron chi connectivity index (χ3n) is 4.20. The van der Waals surface area contributed by atoms with Gasteiger partial charge in [0.1, 0.15) is 0 Å². The number of unbranched alkanes of at least 4 members (excludes halogenated alkanes) is 1. The topological polar surface area (TPSA) is 18.5 Å². The second-order valence-electron chi connectivity index (χ2n) is 5.84. The summed E-state index contributed by atoms with van der Waals surface area (Å²) in [5.41, 5.74) is 0. The molecule has 1 unspecified atom stereocenters. The Labute approximate surface area is 119 Å². The van der Waals surface area contributed by atoms with Crippen LogP contribution >= 0.6 is 0 Å². The van der Waals surface area contributed by atoms with Crippen molar-refractivity contribution < 1.29 is 0 Å². The van der Waals surface area contributed by atoms with E-state index in [0.717, 1.165) is 6.04 Å². The number of nitrogens with one attached hydrogen (secondary N) is 1. The Morgan fingerprint density at radius 3 is 2.67 bits per heavy atom. The fourth-order valence-electron chi connectivity index (χ4n) is 3.13. The van der Waals surface area contributed by atoms with Crippen molar-refractivity contribution in [2.75, 3.05) is 40.3 Å². The van der Waals surface area contributed by atoms with E-state index in [1.807, 2.05) is 0 Å². The first-order valence-corrected chi connectivity index (χ1v) is 9.95. The van der Waals surface area contributed by atoms with Crippen molar-refractivity contribution in [1.82, 2.24) is 14.1 Å². The zero-order valence-electron chi connectivity index (χ0n) is 12.9. The highest BCUT2D eigenvalue weighted by molar-refractivity contribution is 6.56. The van der Waals surface area contributed by atoms with E-state index in [4.69, 9.17) is 0 Å². The van der Waals surface area contributed by atoms with E-state index in [2.05, 4.69) is 42.0 Å². The number of rotatable bonds is 7. The molecule has 0 aromatic carbocycles. The van der Waals surface area contributed by atoms with Gasteiger partial charge < -0.3 is 14.1 Å². The summed E-state index contributed by atoms with van der Waals surface area (Å²) in [5.74, 6) is 0. The van der Waals surface area contributed by atoms with Crippen molar-refractivity contribution in [2.45, 2.75) is 49.7 Å². The Hall–Kier alpha value is 0.412. The van der Waals surface area contributed by atoms with E-state index in [9.17, 15) is 0 Å². The number of nitrogens with zero attached hydrogens (tertiary/aromatic N) is 2. The van der Waals surface area contributed by atoms with Crippen LogP contribution < -0.4 is 5.32 Å². The quantitative estimate of drug-likeness (QED) is 0.563. The second-order valence-corrected chi connectivity index (χ2v) is 8.96. The van der Waals surface area contributed by atoms with Crippen molar-refractivity contribution in [2.24, 2.45) is 0 Å². The fourth-order valence-corrected chi connectivity index (χ4v) is 6.81.